The number of nitrogens with one attached hydrogen (secondary N) is 2. The monoisotopic (exact) mass is 300 g/mol. The first-order valence-electron chi connectivity index (χ1n) is 5.80. The van der Waals surface area contributed by atoms with Crippen LogP contribution in [0.25, 0.3) is 0 Å². The Morgan fingerprint density at radius 2 is 2.06 bits per heavy atom. The van der Waals surface area contributed by atoms with E-state index in [2.05, 4.69) is 34.5 Å². The highest BCUT2D eigenvalue weighted by Crippen LogP contribution is 2.62. The van der Waals surface area contributed by atoms with Gasteiger partial charge in [0.15, 0.2) is 4.33 Å². The molecule has 2 N–H and O–H groups in total. The third kappa shape index (κ3) is 2.29. The minimum atomic E-state index is -0.894. The van der Waals surface area contributed by atoms with Crippen LogP contribution in [0.3, 0.4) is 0 Å². The van der Waals surface area contributed by atoms with Gasteiger partial charge in [0.25, 0.3) is 0 Å². The predicted molar refractivity (Wildman–Crippen MR) is 72.7 cm³/mol. The number of hydrogen-bond acceptors (Lipinski definition) is 4. The largest absolute Gasteiger partial charge is 0.309 e. The van der Waals surface area contributed by atoms with Crippen LogP contribution in [0.5, 0.6) is 0 Å². The molecule has 2 aliphatic rings. The molecule has 1 spiro atoms. The fraction of sp³-hybridized carbons (Fsp3) is 1.00. The summed E-state index contributed by atoms with van der Waals surface area (Å²) in [5.74, 6) is 0. The van der Waals surface area contributed by atoms with Gasteiger partial charge in [-0.05, 0) is 27.1 Å². The summed E-state index contributed by atoms with van der Waals surface area (Å²) < 4.78 is -0.894. The molecular formula is C10H19Cl3N4. The first kappa shape index (κ1) is 14.1. The fourth-order valence-corrected chi connectivity index (χ4v) is 3.79. The van der Waals surface area contributed by atoms with E-state index in [1.54, 1.807) is 0 Å². The Kier molecular flexibility index (Phi) is 4.16. The molecule has 0 bridgehead atoms. The maximum absolute atomic E-state index is 6.25. The Hall–Kier alpha value is 0.710. The predicted octanol–water partition coefficient (Wildman–Crippen LogP) is 0.839. The normalized spacial score (nSPS) is 36.7. The molecule has 17 heavy (non-hydrogen) atoms. The zero-order valence-electron chi connectivity index (χ0n) is 10.1. The quantitative estimate of drug-likeness (QED) is 0.754. The maximum Gasteiger partial charge on any atom is 0.170 e. The Balaban J connectivity index is 1.95. The van der Waals surface area contributed by atoms with E-state index >= 15 is 0 Å². The molecule has 2 rings (SSSR count). The lowest BCUT2D eigenvalue weighted by Gasteiger charge is -2.38. The van der Waals surface area contributed by atoms with E-state index in [0.717, 1.165) is 26.2 Å². The topological polar surface area (TPSA) is 30.5 Å². The summed E-state index contributed by atoms with van der Waals surface area (Å²) in [5, 5.41) is 6.29. The Bertz CT molecular complexity index is 287. The molecule has 7 heteroatoms. The summed E-state index contributed by atoms with van der Waals surface area (Å²) >= 11 is 18.8. The van der Waals surface area contributed by atoms with Gasteiger partial charge in [-0.15, -0.1) is 11.6 Å². The smallest absolute Gasteiger partial charge is 0.170 e. The highest BCUT2D eigenvalue weighted by molar-refractivity contribution is 6.58. The molecule has 100 valence electrons. The molecule has 2 atom stereocenters. The highest BCUT2D eigenvalue weighted by Gasteiger charge is 2.79. The number of nitrogens with zero attached hydrogens (tertiary/aromatic N) is 2. The van der Waals surface area contributed by atoms with Crippen LogP contribution in [0, 0.1) is 0 Å². The van der Waals surface area contributed by atoms with E-state index in [4.69, 9.17) is 34.8 Å². The Morgan fingerprint density at radius 3 is 2.59 bits per heavy atom. The van der Waals surface area contributed by atoms with Gasteiger partial charge in [-0.25, -0.2) is 0 Å². The van der Waals surface area contributed by atoms with Gasteiger partial charge in [0.2, 0.25) is 0 Å². The fourth-order valence-electron chi connectivity index (χ4n) is 2.39. The third-order valence-corrected chi connectivity index (χ3v) is 5.31. The van der Waals surface area contributed by atoms with E-state index in [9.17, 15) is 0 Å². The van der Waals surface area contributed by atoms with Crippen molar-refractivity contribution in [1.82, 2.24) is 20.4 Å². The van der Waals surface area contributed by atoms with Crippen molar-refractivity contribution < 1.29 is 0 Å². The van der Waals surface area contributed by atoms with Gasteiger partial charge in [0, 0.05) is 13.2 Å². The van der Waals surface area contributed by atoms with Crippen LogP contribution in [-0.2, 0) is 0 Å². The summed E-state index contributed by atoms with van der Waals surface area (Å²) in [7, 11) is 4.13. The van der Waals surface area contributed by atoms with E-state index < -0.39 is 10.00 Å². The van der Waals surface area contributed by atoms with E-state index in [1.807, 2.05) is 0 Å². The summed E-state index contributed by atoms with van der Waals surface area (Å²) in [5.41, 5.74) is -0.463. The van der Waals surface area contributed by atoms with Crippen molar-refractivity contribution in [3.05, 3.63) is 0 Å². The summed E-state index contributed by atoms with van der Waals surface area (Å²) in [4.78, 5) is 4.37. The lowest BCUT2D eigenvalue weighted by molar-refractivity contribution is 0.0874. The van der Waals surface area contributed by atoms with Gasteiger partial charge in [-0.1, -0.05) is 23.2 Å². The average Bonchev–Trinajstić information content (AvgIpc) is 2.67. The van der Waals surface area contributed by atoms with Crippen LogP contribution in [0.15, 0.2) is 0 Å². The van der Waals surface area contributed by atoms with Crippen molar-refractivity contribution in [3.63, 3.8) is 0 Å². The van der Waals surface area contributed by atoms with Crippen LogP contribution < -0.4 is 10.6 Å². The molecule has 1 aliphatic heterocycles. The van der Waals surface area contributed by atoms with E-state index in [-0.39, 0.29) is 5.38 Å². The minimum absolute atomic E-state index is 0.264. The van der Waals surface area contributed by atoms with Crippen LogP contribution in [0.2, 0.25) is 0 Å². The van der Waals surface area contributed by atoms with Gasteiger partial charge in [-0.3, -0.25) is 15.5 Å². The summed E-state index contributed by atoms with van der Waals surface area (Å²) in [6.45, 7) is 3.42. The standard InChI is InChI=1S/C10H19Cl3N4/c1-16(2)4-3-5-17-7-14-6-15-10(17)8(11)9(10,12)13/h8,14-15H,3-7H2,1-2H3. The molecule has 0 aromatic rings. The Labute approximate surface area is 118 Å². The molecule has 0 amide bonds. The second-order valence-corrected chi connectivity index (χ2v) is 6.76. The van der Waals surface area contributed by atoms with E-state index in [1.165, 1.54) is 0 Å². The summed E-state index contributed by atoms with van der Waals surface area (Å²) in [6.07, 6.45) is 1.06. The van der Waals surface area contributed by atoms with Crippen molar-refractivity contribution in [2.45, 2.75) is 21.8 Å². The Morgan fingerprint density at radius 1 is 1.41 bits per heavy atom. The van der Waals surface area contributed by atoms with Crippen LogP contribution >= 0.6 is 34.8 Å². The lowest BCUT2D eigenvalue weighted by atomic mass is 10.3. The SMILES string of the molecule is CN(C)CCCN1CNCNC12C(Cl)C2(Cl)Cl. The average molecular weight is 302 g/mol. The molecule has 0 aromatic heterocycles. The zero-order valence-corrected chi connectivity index (χ0v) is 12.4. The maximum atomic E-state index is 6.25. The number of alkyl halides is 3. The second-order valence-electron chi connectivity index (χ2n) is 4.93. The number of halogens is 3. The minimum Gasteiger partial charge on any atom is -0.309 e. The molecule has 2 fully saturated rings. The molecule has 1 aliphatic carbocycles. The molecule has 1 heterocycles. The van der Waals surface area contributed by atoms with Crippen molar-refractivity contribution in [2.24, 2.45) is 0 Å². The van der Waals surface area contributed by atoms with Crippen molar-refractivity contribution in [3.8, 4) is 0 Å². The zero-order chi connectivity index (χ0) is 12.7. The first-order valence-corrected chi connectivity index (χ1v) is 6.99. The van der Waals surface area contributed by atoms with Gasteiger partial charge in [0.1, 0.15) is 11.0 Å². The van der Waals surface area contributed by atoms with Crippen LogP contribution in [0.4, 0.5) is 0 Å². The number of hydrogen-bond donors (Lipinski definition) is 2. The molecule has 4 nitrogen and oxygen atoms in total. The summed E-state index contributed by atoms with van der Waals surface area (Å²) in [6, 6.07) is 0. The van der Waals surface area contributed by atoms with Crippen molar-refractivity contribution in [1.29, 1.82) is 0 Å². The number of rotatable bonds is 4. The second kappa shape index (κ2) is 5.00. The van der Waals surface area contributed by atoms with Gasteiger partial charge in [-0.2, -0.15) is 0 Å². The lowest BCUT2D eigenvalue weighted by Crippen LogP contribution is -2.63. The molecule has 1 saturated heterocycles. The molecule has 0 radical (unpaired) electrons. The first-order chi connectivity index (χ1) is 7.93. The third-order valence-electron chi connectivity index (χ3n) is 3.43. The van der Waals surface area contributed by atoms with Crippen molar-refractivity contribution in [2.75, 3.05) is 40.5 Å². The molecule has 0 aromatic carbocycles. The molecule has 2 unspecified atom stereocenters. The van der Waals surface area contributed by atoms with Gasteiger partial charge < -0.3 is 4.90 Å². The highest BCUT2D eigenvalue weighted by atomic mass is 35.5. The van der Waals surface area contributed by atoms with Crippen molar-refractivity contribution >= 4 is 34.8 Å². The molecule has 1 saturated carbocycles. The van der Waals surface area contributed by atoms with Gasteiger partial charge >= 0.3 is 0 Å². The molecular weight excluding hydrogens is 282 g/mol. The van der Waals surface area contributed by atoms with Crippen LogP contribution in [0.1, 0.15) is 6.42 Å². The van der Waals surface area contributed by atoms with Crippen LogP contribution in [-0.4, -0.2) is 65.7 Å². The van der Waals surface area contributed by atoms with E-state index in [0.29, 0.717) is 6.67 Å². The van der Waals surface area contributed by atoms with Gasteiger partial charge in [0.05, 0.1) is 6.67 Å².